The van der Waals surface area contributed by atoms with Gasteiger partial charge in [-0.05, 0) is 36.8 Å². The number of hydrogen-bond donors (Lipinski definition) is 3. The van der Waals surface area contributed by atoms with Crippen LogP contribution in [0.3, 0.4) is 0 Å². The fourth-order valence-electron chi connectivity index (χ4n) is 2.58. The standard InChI is InChI=1S/C16H21N3O2S/c1-2-3-4-14-18-12-6-5-11(9-13(12)19-14)17-15(20)16(21)7-8-22-10-16/h5-6,9,21H,2-4,7-8,10H2,1H3,(H,17,20)(H,18,19)/t16-/m0/s1. The SMILES string of the molecule is CCCCc1nc2ccc(NC(=O)[C@]3(O)CCSC3)cc2[nH]1. The van der Waals surface area contributed by atoms with Crippen LogP contribution in [-0.2, 0) is 11.2 Å². The minimum atomic E-state index is -1.24. The number of aryl methyl sites for hydroxylation is 1. The van der Waals surface area contributed by atoms with Crippen molar-refractivity contribution in [3.63, 3.8) is 0 Å². The molecule has 1 aromatic heterocycles. The van der Waals surface area contributed by atoms with Gasteiger partial charge in [-0.3, -0.25) is 4.79 Å². The number of amides is 1. The molecule has 0 bridgehead atoms. The number of nitrogens with one attached hydrogen (secondary N) is 2. The van der Waals surface area contributed by atoms with E-state index in [1.54, 1.807) is 11.8 Å². The summed E-state index contributed by atoms with van der Waals surface area (Å²) in [7, 11) is 0. The zero-order valence-electron chi connectivity index (χ0n) is 12.7. The summed E-state index contributed by atoms with van der Waals surface area (Å²) in [6.45, 7) is 2.16. The van der Waals surface area contributed by atoms with Crippen LogP contribution in [0.5, 0.6) is 0 Å². The quantitative estimate of drug-likeness (QED) is 0.792. The van der Waals surface area contributed by atoms with Crippen LogP contribution < -0.4 is 5.32 Å². The lowest BCUT2D eigenvalue weighted by atomic mass is 10.0. The topological polar surface area (TPSA) is 78.0 Å². The molecule has 1 fully saturated rings. The van der Waals surface area contributed by atoms with Crippen LogP contribution in [0.1, 0.15) is 32.0 Å². The van der Waals surface area contributed by atoms with Crippen molar-refractivity contribution < 1.29 is 9.90 Å². The molecule has 0 saturated carbocycles. The van der Waals surface area contributed by atoms with Gasteiger partial charge in [0.2, 0.25) is 0 Å². The summed E-state index contributed by atoms with van der Waals surface area (Å²) >= 11 is 1.61. The monoisotopic (exact) mass is 319 g/mol. The Bertz CT molecular complexity index is 677. The van der Waals surface area contributed by atoms with E-state index in [0.717, 1.165) is 41.9 Å². The summed E-state index contributed by atoms with van der Waals surface area (Å²) in [6, 6.07) is 5.60. The van der Waals surface area contributed by atoms with Crippen LogP contribution in [-0.4, -0.2) is 38.1 Å². The van der Waals surface area contributed by atoms with E-state index in [0.29, 0.717) is 17.9 Å². The number of aromatic nitrogens is 2. The maximum absolute atomic E-state index is 12.2. The van der Waals surface area contributed by atoms with Crippen molar-refractivity contribution in [1.82, 2.24) is 9.97 Å². The van der Waals surface area contributed by atoms with Crippen molar-refractivity contribution in [2.24, 2.45) is 0 Å². The van der Waals surface area contributed by atoms with Crippen LogP contribution >= 0.6 is 11.8 Å². The highest BCUT2D eigenvalue weighted by Crippen LogP contribution is 2.29. The van der Waals surface area contributed by atoms with Crippen molar-refractivity contribution in [2.45, 2.75) is 38.2 Å². The molecule has 3 N–H and O–H groups in total. The second kappa shape index (κ2) is 6.30. The third kappa shape index (κ3) is 3.13. The number of imidazole rings is 1. The molecule has 22 heavy (non-hydrogen) atoms. The van der Waals surface area contributed by atoms with Gasteiger partial charge >= 0.3 is 0 Å². The van der Waals surface area contributed by atoms with Crippen molar-refractivity contribution in [2.75, 3.05) is 16.8 Å². The van der Waals surface area contributed by atoms with Gasteiger partial charge in [0.15, 0.2) is 5.60 Å². The van der Waals surface area contributed by atoms with Gasteiger partial charge < -0.3 is 15.4 Å². The average molecular weight is 319 g/mol. The minimum absolute atomic E-state index is 0.317. The second-order valence-corrected chi connectivity index (χ2v) is 6.91. The number of benzene rings is 1. The smallest absolute Gasteiger partial charge is 0.257 e. The molecule has 1 aliphatic heterocycles. The number of carbonyl (C=O) groups is 1. The predicted molar refractivity (Wildman–Crippen MR) is 90.2 cm³/mol. The van der Waals surface area contributed by atoms with Gasteiger partial charge in [0.1, 0.15) is 5.82 Å². The maximum atomic E-state index is 12.2. The molecular weight excluding hydrogens is 298 g/mol. The van der Waals surface area contributed by atoms with Crippen LogP contribution in [0.4, 0.5) is 5.69 Å². The van der Waals surface area contributed by atoms with Gasteiger partial charge in [0, 0.05) is 17.9 Å². The molecule has 0 aliphatic carbocycles. The van der Waals surface area contributed by atoms with Crippen LogP contribution in [0, 0.1) is 0 Å². The summed E-state index contributed by atoms with van der Waals surface area (Å²) < 4.78 is 0. The summed E-state index contributed by atoms with van der Waals surface area (Å²) in [4.78, 5) is 20.1. The molecule has 1 aliphatic rings. The van der Waals surface area contributed by atoms with Gasteiger partial charge in [-0.25, -0.2) is 4.98 Å². The Morgan fingerprint density at radius 2 is 2.41 bits per heavy atom. The summed E-state index contributed by atoms with van der Waals surface area (Å²) in [6.07, 6.45) is 3.68. The number of nitrogens with zero attached hydrogens (tertiary/aromatic N) is 1. The first-order valence-corrected chi connectivity index (χ1v) is 8.86. The summed E-state index contributed by atoms with van der Waals surface area (Å²) in [5.41, 5.74) is 1.27. The fourth-order valence-corrected chi connectivity index (χ4v) is 3.82. The number of rotatable bonds is 5. The van der Waals surface area contributed by atoms with Crippen molar-refractivity contribution >= 4 is 34.4 Å². The van der Waals surface area contributed by atoms with Crippen LogP contribution in [0.15, 0.2) is 18.2 Å². The summed E-state index contributed by atoms with van der Waals surface area (Å²) in [5, 5.41) is 13.1. The zero-order valence-corrected chi connectivity index (χ0v) is 13.5. The Morgan fingerprint density at radius 3 is 3.14 bits per heavy atom. The molecule has 1 amide bonds. The second-order valence-electron chi connectivity index (χ2n) is 5.81. The Kier molecular flexibility index (Phi) is 4.40. The van der Waals surface area contributed by atoms with Crippen molar-refractivity contribution in [3.8, 4) is 0 Å². The van der Waals surface area contributed by atoms with E-state index in [9.17, 15) is 9.90 Å². The number of anilines is 1. The molecule has 3 rings (SSSR count). The number of unbranched alkanes of at least 4 members (excludes halogenated alkanes) is 1. The molecular formula is C16H21N3O2S. The number of thioether (sulfide) groups is 1. The van der Waals surface area contributed by atoms with Gasteiger partial charge in [-0.2, -0.15) is 11.8 Å². The lowest BCUT2D eigenvalue weighted by Crippen LogP contribution is -2.42. The molecule has 0 spiro atoms. The first kappa shape index (κ1) is 15.4. The Balaban J connectivity index is 1.75. The van der Waals surface area contributed by atoms with Gasteiger partial charge in [-0.1, -0.05) is 13.3 Å². The zero-order chi connectivity index (χ0) is 15.6. The van der Waals surface area contributed by atoms with Gasteiger partial charge in [-0.15, -0.1) is 0 Å². The fraction of sp³-hybridized carbons (Fsp3) is 0.500. The molecule has 5 nitrogen and oxygen atoms in total. The molecule has 0 unspecified atom stereocenters. The Hall–Kier alpha value is -1.53. The first-order valence-electron chi connectivity index (χ1n) is 7.71. The van der Waals surface area contributed by atoms with Crippen LogP contribution in [0.25, 0.3) is 11.0 Å². The van der Waals surface area contributed by atoms with E-state index >= 15 is 0 Å². The largest absolute Gasteiger partial charge is 0.379 e. The van der Waals surface area contributed by atoms with Gasteiger partial charge in [0.25, 0.3) is 5.91 Å². The molecule has 0 radical (unpaired) electrons. The van der Waals surface area contributed by atoms with E-state index in [4.69, 9.17) is 0 Å². The number of fused-ring (bicyclic) bond motifs is 1. The van der Waals surface area contributed by atoms with E-state index in [1.165, 1.54) is 0 Å². The number of hydrogen-bond acceptors (Lipinski definition) is 4. The number of H-pyrrole nitrogens is 1. The first-order chi connectivity index (χ1) is 10.6. The summed E-state index contributed by atoms with van der Waals surface area (Å²) in [5.74, 6) is 1.95. The maximum Gasteiger partial charge on any atom is 0.257 e. The highest BCUT2D eigenvalue weighted by molar-refractivity contribution is 7.99. The van der Waals surface area contributed by atoms with E-state index in [2.05, 4.69) is 22.2 Å². The molecule has 1 saturated heterocycles. The Morgan fingerprint density at radius 1 is 1.55 bits per heavy atom. The van der Waals surface area contributed by atoms with E-state index in [1.807, 2.05) is 18.2 Å². The minimum Gasteiger partial charge on any atom is -0.379 e. The highest BCUT2D eigenvalue weighted by atomic mass is 32.2. The molecule has 6 heteroatoms. The number of carbonyl (C=O) groups excluding carboxylic acids is 1. The Labute approximate surface area is 133 Å². The average Bonchev–Trinajstić information content (AvgIpc) is 3.11. The van der Waals surface area contributed by atoms with Crippen LogP contribution in [0.2, 0.25) is 0 Å². The molecule has 2 aromatic rings. The normalized spacial score (nSPS) is 21.4. The third-order valence-electron chi connectivity index (χ3n) is 3.98. The number of aliphatic hydroxyl groups is 1. The third-order valence-corrected chi connectivity index (χ3v) is 5.15. The van der Waals surface area contributed by atoms with E-state index in [-0.39, 0.29) is 5.91 Å². The van der Waals surface area contributed by atoms with Crippen molar-refractivity contribution in [1.29, 1.82) is 0 Å². The van der Waals surface area contributed by atoms with E-state index < -0.39 is 5.60 Å². The van der Waals surface area contributed by atoms with Gasteiger partial charge in [0.05, 0.1) is 11.0 Å². The lowest BCUT2D eigenvalue weighted by molar-refractivity contribution is -0.131. The highest BCUT2D eigenvalue weighted by Gasteiger charge is 2.39. The lowest BCUT2D eigenvalue weighted by Gasteiger charge is -2.20. The molecule has 118 valence electrons. The molecule has 1 atom stereocenters. The molecule has 1 aromatic carbocycles. The number of aromatic amines is 1. The van der Waals surface area contributed by atoms with Crippen molar-refractivity contribution in [3.05, 3.63) is 24.0 Å². The molecule has 2 heterocycles. The predicted octanol–water partition coefficient (Wildman–Crippen LogP) is 2.71.